The highest BCUT2D eigenvalue weighted by molar-refractivity contribution is 5.76. The van der Waals surface area contributed by atoms with Gasteiger partial charge in [-0.3, -0.25) is 4.79 Å². The zero-order valence-electron chi connectivity index (χ0n) is 12.3. The maximum Gasteiger partial charge on any atom is 0.220 e. The minimum atomic E-state index is 0.297. The summed E-state index contributed by atoms with van der Waals surface area (Å²) in [5, 5.41) is 6.81. The summed E-state index contributed by atoms with van der Waals surface area (Å²) in [4.78, 5) is 12.2. The Bertz CT molecular complexity index is 344. The molecule has 2 saturated carbocycles. The van der Waals surface area contributed by atoms with Crippen LogP contribution in [0.5, 0.6) is 0 Å². The zero-order valence-corrected chi connectivity index (χ0v) is 12.3. The Morgan fingerprint density at radius 1 is 1.16 bits per heavy atom. The monoisotopic (exact) mass is 264 g/mol. The van der Waals surface area contributed by atoms with Gasteiger partial charge in [-0.05, 0) is 63.7 Å². The molecule has 0 radical (unpaired) electrons. The molecule has 0 aromatic carbocycles. The Balaban J connectivity index is 1.46. The molecule has 0 aromatic heterocycles. The molecule has 19 heavy (non-hydrogen) atoms. The fourth-order valence-corrected chi connectivity index (χ4v) is 4.66. The van der Waals surface area contributed by atoms with Crippen LogP contribution in [0, 0.1) is 17.8 Å². The van der Waals surface area contributed by atoms with E-state index in [1.807, 2.05) is 0 Å². The Labute approximate surface area is 116 Å². The first kappa shape index (κ1) is 13.4. The normalized spacial score (nSPS) is 45.4. The molecule has 2 aliphatic carbocycles. The third-order valence-electron chi connectivity index (χ3n) is 5.74. The quantitative estimate of drug-likeness (QED) is 0.822. The van der Waals surface area contributed by atoms with Crippen LogP contribution in [0.15, 0.2) is 0 Å². The van der Waals surface area contributed by atoms with Crippen molar-refractivity contribution in [3.63, 3.8) is 0 Å². The van der Waals surface area contributed by atoms with Gasteiger partial charge in [0.1, 0.15) is 0 Å². The molecule has 6 atom stereocenters. The molecular formula is C16H28N2O. The summed E-state index contributed by atoms with van der Waals surface area (Å²) in [7, 11) is 0. The summed E-state index contributed by atoms with van der Waals surface area (Å²) in [5.41, 5.74) is 0. The van der Waals surface area contributed by atoms with Crippen LogP contribution in [0.2, 0.25) is 0 Å². The van der Waals surface area contributed by atoms with Gasteiger partial charge in [0.2, 0.25) is 5.91 Å². The average molecular weight is 264 g/mol. The van der Waals surface area contributed by atoms with E-state index in [-0.39, 0.29) is 0 Å². The van der Waals surface area contributed by atoms with E-state index in [0.29, 0.717) is 30.0 Å². The third-order valence-corrected chi connectivity index (χ3v) is 5.74. The van der Waals surface area contributed by atoms with Gasteiger partial charge in [0.25, 0.3) is 0 Å². The van der Waals surface area contributed by atoms with E-state index in [2.05, 4.69) is 24.5 Å². The Kier molecular flexibility index (Phi) is 3.84. The van der Waals surface area contributed by atoms with Gasteiger partial charge in [0.15, 0.2) is 0 Å². The van der Waals surface area contributed by atoms with Crippen molar-refractivity contribution in [3.05, 3.63) is 0 Å². The van der Waals surface area contributed by atoms with Crippen molar-refractivity contribution in [3.8, 4) is 0 Å². The second-order valence-corrected chi connectivity index (χ2v) is 7.25. The summed E-state index contributed by atoms with van der Waals surface area (Å²) in [6.07, 6.45) is 8.58. The van der Waals surface area contributed by atoms with Gasteiger partial charge in [-0.15, -0.1) is 0 Å². The van der Waals surface area contributed by atoms with Gasteiger partial charge in [-0.1, -0.05) is 6.42 Å². The van der Waals surface area contributed by atoms with Crippen molar-refractivity contribution in [2.45, 2.75) is 76.9 Å². The number of nitrogens with one attached hydrogen (secondary N) is 2. The van der Waals surface area contributed by atoms with Crippen LogP contribution in [0.4, 0.5) is 0 Å². The van der Waals surface area contributed by atoms with Crippen molar-refractivity contribution in [2.24, 2.45) is 17.8 Å². The Morgan fingerprint density at radius 3 is 2.63 bits per heavy atom. The molecule has 1 amide bonds. The second kappa shape index (κ2) is 5.43. The summed E-state index contributed by atoms with van der Waals surface area (Å²) >= 11 is 0. The molecule has 0 aromatic rings. The van der Waals surface area contributed by atoms with Crippen molar-refractivity contribution in [1.82, 2.24) is 10.6 Å². The average Bonchev–Trinajstić information content (AvgIpc) is 2.95. The van der Waals surface area contributed by atoms with Gasteiger partial charge in [-0.25, -0.2) is 0 Å². The molecule has 6 unspecified atom stereocenters. The number of carbonyl (C=O) groups is 1. The van der Waals surface area contributed by atoms with Gasteiger partial charge >= 0.3 is 0 Å². The first-order valence-electron chi connectivity index (χ1n) is 8.17. The van der Waals surface area contributed by atoms with Crippen LogP contribution in [0.25, 0.3) is 0 Å². The minimum absolute atomic E-state index is 0.297. The number of piperidine rings is 1. The number of fused-ring (bicyclic) bond motifs is 2. The largest absolute Gasteiger partial charge is 0.352 e. The van der Waals surface area contributed by atoms with Crippen LogP contribution in [0.3, 0.4) is 0 Å². The van der Waals surface area contributed by atoms with Crippen molar-refractivity contribution in [2.75, 3.05) is 0 Å². The maximum absolute atomic E-state index is 12.2. The highest BCUT2D eigenvalue weighted by Crippen LogP contribution is 2.49. The highest BCUT2D eigenvalue weighted by atomic mass is 16.1. The molecule has 0 spiro atoms. The molecule has 2 N–H and O–H groups in total. The van der Waals surface area contributed by atoms with Crippen LogP contribution < -0.4 is 10.6 Å². The first-order valence-corrected chi connectivity index (χ1v) is 8.17. The maximum atomic E-state index is 12.2. The van der Waals surface area contributed by atoms with Gasteiger partial charge in [0, 0.05) is 24.5 Å². The topological polar surface area (TPSA) is 41.1 Å². The van der Waals surface area contributed by atoms with Gasteiger partial charge in [0.05, 0.1) is 0 Å². The van der Waals surface area contributed by atoms with Gasteiger partial charge in [-0.2, -0.15) is 0 Å². The molecule has 1 aliphatic heterocycles. The number of amides is 1. The van der Waals surface area contributed by atoms with Crippen LogP contribution in [-0.2, 0) is 4.79 Å². The Morgan fingerprint density at radius 2 is 2.00 bits per heavy atom. The molecule has 3 fully saturated rings. The fourth-order valence-electron chi connectivity index (χ4n) is 4.66. The summed E-state index contributed by atoms with van der Waals surface area (Å²) < 4.78 is 0. The SMILES string of the molecule is CC1CCC(NC(=O)CC2CC3CCC2C3)C(C)N1. The summed E-state index contributed by atoms with van der Waals surface area (Å²) in [6.45, 7) is 4.42. The predicted molar refractivity (Wildman–Crippen MR) is 76.8 cm³/mol. The van der Waals surface area contributed by atoms with Crippen molar-refractivity contribution < 1.29 is 4.79 Å². The molecule has 108 valence electrons. The van der Waals surface area contributed by atoms with E-state index in [9.17, 15) is 4.79 Å². The molecule has 1 heterocycles. The van der Waals surface area contributed by atoms with E-state index >= 15 is 0 Å². The number of carbonyl (C=O) groups excluding carboxylic acids is 1. The fraction of sp³-hybridized carbons (Fsp3) is 0.938. The number of hydrogen-bond acceptors (Lipinski definition) is 2. The second-order valence-electron chi connectivity index (χ2n) is 7.25. The number of hydrogen-bond donors (Lipinski definition) is 2. The molecule has 3 rings (SSSR count). The lowest BCUT2D eigenvalue weighted by Crippen LogP contribution is -2.54. The van der Waals surface area contributed by atoms with Crippen LogP contribution in [-0.4, -0.2) is 24.0 Å². The van der Waals surface area contributed by atoms with E-state index in [0.717, 1.165) is 24.7 Å². The predicted octanol–water partition coefficient (Wildman–Crippen LogP) is 2.46. The number of rotatable bonds is 3. The van der Waals surface area contributed by atoms with Crippen LogP contribution >= 0.6 is 0 Å². The van der Waals surface area contributed by atoms with E-state index in [4.69, 9.17) is 0 Å². The minimum Gasteiger partial charge on any atom is -0.352 e. The van der Waals surface area contributed by atoms with E-state index in [1.54, 1.807) is 0 Å². The zero-order chi connectivity index (χ0) is 13.4. The Hall–Kier alpha value is -0.570. The van der Waals surface area contributed by atoms with Crippen molar-refractivity contribution in [1.29, 1.82) is 0 Å². The van der Waals surface area contributed by atoms with E-state index in [1.165, 1.54) is 32.1 Å². The van der Waals surface area contributed by atoms with Crippen LogP contribution in [0.1, 0.15) is 58.8 Å². The summed E-state index contributed by atoms with van der Waals surface area (Å²) in [5.74, 6) is 2.78. The molecule has 3 heteroatoms. The smallest absolute Gasteiger partial charge is 0.220 e. The lowest BCUT2D eigenvalue weighted by molar-refractivity contribution is -0.123. The van der Waals surface area contributed by atoms with Gasteiger partial charge < -0.3 is 10.6 Å². The third kappa shape index (κ3) is 2.96. The standard InChI is InChI=1S/C16H28N2O/c1-10-3-6-15(11(2)17-10)18-16(19)9-14-8-12-4-5-13(14)7-12/h10-15,17H,3-9H2,1-2H3,(H,18,19). The summed E-state index contributed by atoms with van der Waals surface area (Å²) in [6, 6.07) is 1.34. The molecule has 3 nitrogen and oxygen atoms in total. The molecular weight excluding hydrogens is 236 g/mol. The molecule has 2 bridgehead atoms. The first-order chi connectivity index (χ1) is 9.11. The highest BCUT2D eigenvalue weighted by Gasteiger charge is 2.40. The van der Waals surface area contributed by atoms with E-state index < -0.39 is 0 Å². The molecule has 3 aliphatic rings. The van der Waals surface area contributed by atoms with Crippen molar-refractivity contribution >= 4 is 5.91 Å². The lowest BCUT2D eigenvalue weighted by atomic mass is 9.86. The lowest BCUT2D eigenvalue weighted by Gasteiger charge is -2.35. The molecule has 1 saturated heterocycles.